The predicted molar refractivity (Wildman–Crippen MR) is 74.7 cm³/mol. The van der Waals surface area contributed by atoms with Gasteiger partial charge in [-0.2, -0.15) is 0 Å². The van der Waals surface area contributed by atoms with Crippen LogP contribution in [0.1, 0.15) is 32.3 Å². The van der Waals surface area contributed by atoms with Crippen LogP contribution < -0.4 is 5.32 Å². The molecule has 1 atom stereocenters. The minimum atomic E-state index is -0.121. The lowest BCUT2D eigenvalue weighted by Gasteiger charge is -2.17. The Morgan fingerprint density at radius 2 is 2.00 bits per heavy atom. The molecule has 0 spiro atoms. The molecule has 0 fully saturated rings. The minimum absolute atomic E-state index is 0.121. The summed E-state index contributed by atoms with van der Waals surface area (Å²) >= 11 is 3.27. The Balaban J connectivity index is 2.60. The molecular weight excluding hydrogens is 281 g/mol. The van der Waals surface area contributed by atoms with Gasteiger partial charge in [0.25, 0.3) is 0 Å². The van der Waals surface area contributed by atoms with Gasteiger partial charge in [0.2, 0.25) is 0 Å². The first kappa shape index (κ1) is 14.7. The van der Waals surface area contributed by atoms with E-state index in [1.807, 2.05) is 19.2 Å². The van der Waals surface area contributed by atoms with Crippen LogP contribution in [0.15, 0.2) is 22.7 Å². The maximum Gasteiger partial charge on any atom is 0.127 e. The highest BCUT2D eigenvalue weighted by atomic mass is 79.9. The van der Waals surface area contributed by atoms with E-state index in [2.05, 4.69) is 35.1 Å². The lowest BCUT2D eigenvalue weighted by atomic mass is 9.98. The number of hydrogen-bond donors (Lipinski definition) is 1. The molecule has 1 nitrogen and oxygen atoms in total. The molecule has 0 amide bonds. The molecule has 96 valence electrons. The summed E-state index contributed by atoms with van der Waals surface area (Å²) in [7, 11) is 1.95. The summed E-state index contributed by atoms with van der Waals surface area (Å²) in [4.78, 5) is 0. The fraction of sp³-hybridized carbons (Fsp3) is 0.571. The van der Waals surface area contributed by atoms with Crippen LogP contribution in [0.3, 0.4) is 0 Å². The standard InChI is InChI=1S/C14H21BrFN/c1-10(2)4-7-13(17-3)8-11-5-6-12(15)9-14(11)16/h5-6,9-10,13,17H,4,7-8H2,1-3H3. The van der Waals surface area contributed by atoms with Crippen molar-refractivity contribution in [3.8, 4) is 0 Å². The van der Waals surface area contributed by atoms with Gasteiger partial charge < -0.3 is 5.32 Å². The van der Waals surface area contributed by atoms with E-state index in [9.17, 15) is 4.39 Å². The maximum atomic E-state index is 13.7. The first-order valence-electron chi connectivity index (χ1n) is 6.14. The van der Waals surface area contributed by atoms with Crippen LogP contribution in [-0.2, 0) is 6.42 Å². The highest BCUT2D eigenvalue weighted by molar-refractivity contribution is 9.10. The topological polar surface area (TPSA) is 12.0 Å². The van der Waals surface area contributed by atoms with Gasteiger partial charge in [0.15, 0.2) is 0 Å². The third-order valence-corrected chi connectivity index (χ3v) is 3.48. The number of likely N-dealkylation sites (N-methyl/N-ethyl adjacent to an activating group) is 1. The van der Waals surface area contributed by atoms with Gasteiger partial charge >= 0.3 is 0 Å². The molecule has 0 aromatic heterocycles. The second kappa shape index (κ2) is 7.12. The molecule has 0 aliphatic carbocycles. The lowest BCUT2D eigenvalue weighted by Crippen LogP contribution is -2.28. The van der Waals surface area contributed by atoms with Crippen LogP contribution in [0.4, 0.5) is 4.39 Å². The van der Waals surface area contributed by atoms with E-state index in [0.717, 1.165) is 22.9 Å². The normalized spacial score (nSPS) is 13.1. The molecule has 0 heterocycles. The number of halogens is 2. The van der Waals surface area contributed by atoms with Gasteiger partial charge in [0.1, 0.15) is 5.82 Å². The highest BCUT2D eigenvalue weighted by Gasteiger charge is 2.11. The van der Waals surface area contributed by atoms with Crippen molar-refractivity contribution in [3.05, 3.63) is 34.1 Å². The summed E-state index contributed by atoms with van der Waals surface area (Å²) in [6.45, 7) is 4.43. The molecule has 1 unspecified atom stereocenters. The summed E-state index contributed by atoms with van der Waals surface area (Å²) in [6.07, 6.45) is 3.01. The van der Waals surface area contributed by atoms with E-state index in [1.54, 1.807) is 0 Å². The van der Waals surface area contributed by atoms with Gasteiger partial charge in [-0.15, -0.1) is 0 Å². The van der Waals surface area contributed by atoms with Crippen LogP contribution in [0.5, 0.6) is 0 Å². The average molecular weight is 302 g/mol. The molecule has 17 heavy (non-hydrogen) atoms. The number of benzene rings is 1. The number of rotatable bonds is 6. The zero-order valence-corrected chi connectivity index (χ0v) is 12.3. The smallest absolute Gasteiger partial charge is 0.127 e. The zero-order chi connectivity index (χ0) is 12.8. The monoisotopic (exact) mass is 301 g/mol. The fourth-order valence-corrected chi connectivity index (χ4v) is 2.17. The quantitative estimate of drug-likeness (QED) is 0.832. The minimum Gasteiger partial charge on any atom is -0.317 e. The lowest BCUT2D eigenvalue weighted by molar-refractivity contribution is 0.445. The van der Waals surface area contributed by atoms with Crippen molar-refractivity contribution in [2.75, 3.05) is 7.05 Å². The molecule has 0 aliphatic rings. The molecule has 1 N–H and O–H groups in total. The summed E-state index contributed by atoms with van der Waals surface area (Å²) < 4.78 is 14.5. The summed E-state index contributed by atoms with van der Waals surface area (Å²) in [5.74, 6) is 0.574. The van der Waals surface area contributed by atoms with Gasteiger partial charge in [-0.05, 0) is 49.9 Å². The van der Waals surface area contributed by atoms with Crippen LogP contribution in [-0.4, -0.2) is 13.1 Å². The third kappa shape index (κ3) is 5.17. The first-order valence-corrected chi connectivity index (χ1v) is 6.93. The van der Waals surface area contributed by atoms with Crippen molar-refractivity contribution >= 4 is 15.9 Å². The molecular formula is C14H21BrFN. The van der Waals surface area contributed by atoms with Crippen LogP contribution >= 0.6 is 15.9 Å². The molecule has 3 heteroatoms. The highest BCUT2D eigenvalue weighted by Crippen LogP contribution is 2.18. The molecule has 0 radical (unpaired) electrons. The van der Waals surface area contributed by atoms with Gasteiger partial charge in [0.05, 0.1) is 0 Å². The van der Waals surface area contributed by atoms with Gasteiger partial charge in [0, 0.05) is 10.5 Å². The molecule has 1 rings (SSSR count). The van der Waals surface area contributed by atoms with Crippen molar-refractivity contribution in [2.45, 2.75) is 39.2 Å². The second-order valence-corrected chi connectivity index (χ2v) is 5.81. The number of hydrogen-bond acceptors (Lipinski definition) is 1. The molecule has 1 aromatic carbocycles. The SMILES string of the molecule is CNC(CCC(C)C)Cc1ccc(Br)cc1F. The van der Waals surface area contributed by atoms with E-state index < -0.39 is 0 Å². The van der Waals surface area contributed by atoms with Crippen LogP contribution in [0.2, 0.25) is 0 Å². The van der Waals surface area contributed by atoms with Crippen molar-refractivity contribution in [1.82, 2.24) is 5.32 Å². The van der Waals surface area contributed by atoms with Crippen LogP contribution in [0, 0.1) is 11.7 Å². The Kier molecular flexibility index (Phi) is 6.14. The van der Waals surface area contributed by atoms with Crippen LogP contribution in [0.25, 0.3) is 0 Å². The Bertz CT molecular complexity index is 352. The molecule has 0 saturated carbocycles. The van der Waals surface area contributed by atoms with Gasteiger partial charge in [-0.3, -0.25) is 0 Å². The predicted octanol–water partition coefficient (Wildman–Crippen LogP) is 4.15. The molecule has 0 aliphatic heterocycles. The fourth-order valence-electron chi connectivity index (χ4n) is 1.84. The Morgan fingerprint density at radius 3 is 2.53 bits per heavy atom. The largest absolute Gasteiger partial charge is 0.317 e. The summed E-state index contributed by atoms with van der Waals surface area (Å²) in [6, 6.07) is 5.64. The van der Waals surface area contributed by atoms with E-state index in [0.29, 0.717) is 12.0 Å². The van der Waals surface area contributed by atoms with E-state index >= 15 is 0 Å². The molecule has 0 saturated heterocycles. The van der Waals surface area contributed by atoms with Gasteiger partial charge in [-0.1, -0.05) is 35.8 Å². The molecule has 0 bridgehead atoms. The van der Waals surface area contributed by atoms with E-state index in [1.165, 1.54) is 12.5 Å². The molecule has 1 aromatic rings. The Labute approximate surface area is 112 Å². The summed E-state index contributed by atoms with van der Waals surface area (Å²) in [5, 5.41) is 3.27. The third-order valence-electron chi connectivity index (χ3n) is 2.98. The average Bonchev–Trinajstić information content (AvgIpc) is 2.26. The zero-order valence-electron chi connectivity index (χ0n) is 10.8. The van der Waals surface area contributed by atoms with Crippen molar-refractivity contribution in [3.63, 3.8) is 0 Å². The Hall–Kier alpha value is -0.410. The first-order chi connectivity index (χ1) is 8.02. The number of nitrogens with one attached hydrogen (secondary N) is 1. The second-order valence-electron chi connectivity index (χ2n) is 4.90. The van der Waals surface area contributed by atoms with Crippen molar-refractivity contribution in [2.24, 2.45) is 5.92 Å². The summed E-state index contributed by atoms with van der Waals surface area (Å²) in [5.41, 5.74) is 0.788. The van der Waals surface area contributed by atoms with Gasteiger partial charge in [-0.25, -0.2) is 4.39 Å². The van der Waals surface area contributed by atoms with E-state index in [-0.39, 0.29) is 5.82 Å². The Morgan fingerprint density at radius 1 is 1.29 bits per heavy atom. The van der Waals surface area contributed by atoms with Crippen molar-refractivity contribution < 1.29 is 4.39 Å². The van der Waals surface area contributed by atoms with E-state index in [4.69, 9.17) is 0 Å². The maximum absolute atomic E-state index is 13.7. The van der Waals surface area contributed by atoms with Crippen molar-refractivity contribution in [1.29, 1.82) is 0 Å².